The summed E-state index contributed by atoms with van der Waals surface area (Å²) in [6, 6.07) is 3.51. The highest BCUT2D eigenvalue weighted by Gasteiger charge is 2.31. The first-order chi connectivity index (χ1) is 9.63. The number of nitrogens with one attached hydrogen (secondary N) is 1. The van der Waals surface area contributed by atoms with Crippen molar-refractivity contribution in [3.05, 3.63) is 54.5 Å². The molecule has 1 aliphatic heterocycles. The number of allylic oxidation sites excluding steroid dienone is 2. The van der Waals surface area contributed by atoms with Crippen molar-refractivity contribution in [2.45, 2.75) is 0 Å². The first-order valence-electron chi connectivity index (χ1n) is 5.83. The van der Waals surface area contributed by atoms with Crippen molar-refractivity contribution < 1.29 is 14.0 Å². The highest BCUT2D eigenvalue weighted by molar-refractivity contribution is 7.80. The maximum absolute atomic E-state index is 12.1. The normalized spacial score (nSPS) is 17.9. The minimum absolute atomic E-state index is 0.0169. The van der Waals surface area contributed by atoms with Crippen molar-refractivity contribution in [1.82, 2.24) is 10.2 Å². The summed E-state index contributed by atoms with van der Waals surface area (Å²) in [4.78, 5) is 25.2. The van der Waals surface area contributed by atoms with Crippen LogP contribution in [0.1, 0.15) is 5.76 Å². The zero-order chi connectivity index (χ0) is 14.5. The van der Waals surface area contributed by atoms with Gasteiger partial charge in [-0.2, -0.15) is 0 Å². The number of hydrogen-bond donors (Lipinski definition) is 1. The molecule has 2 amide bonds. The number of carbonyl (C=O) groups is 2. The Morgan fingerprint density at radius 1 is 1.45 bits per heavy atom. The summed E-state index contributed by atoms with van der Waals surface area (Å²) in [6.07, 6.45) is 7.73. The third-order valence-electron chi connectivity index (χ3n) is 2.56. The Balaban J connectivity index is 2.20. The molecule has 5 nitrogen and oxygen atoms in total. The van der Waals surface area contributed by atoms with E-state index < -0.39 is 11.8 Å². The van der Waals surface area contributed by atoms with Crippen LogP contribution < -0.4 is 5.32 Å². The topological polar surface area (TPSA) is 62.6 Å². The number of hydrogen-bond acceptors (Lipinski definition) is 4. The first kappa shape index (κ1) is 14.0. The van der Waals surface area contributed by atoms with Crippen LogP contribution in [0.2, 0.25) is 0 Å². The van der Waals surface area contributed by atoms with Crippen LogP contribution in [0, 0.1) is 0 Å². The van der Waals surface area contributed by atoms with E-state index in [0.29, 0.717) is 5.76 Å². The van der Waals surface area contributed by atoms with Gasteiger partial charge in [0.1, 0.15) is 11.3 Å². The molecule has 0 unspecified atom stereocenters. The Bertz CT molecular complexity index is 614. The van der Waals surface area contributed by atoms with Crippen molar-refractivity contribution in [1.29, 1.82) is 0 Å². The summed E-state index contributed by atoms with van der Waals surface area (Å²) < 4.78 is 5.11. The molecule has 2 rings (SSSR count). The van der Waals surface area contributed by atoms with Gasteiger partial charge in [-0.15, -0.1) is 6.58 Å². The summed E-state index contributed by atoms with van der Waals surface area (Å²) in [5.41, 5.74) is 0.0169. The lowest BCUT2D eigenvalue weighted by Crippen LogP contribution is -2.53. The largest absolute Gasteiger partial charge is 0.465 e. The van der Waals surface area contributed by atoms with E-state index in [9.17, 15) is 9.59 Å². The minimum Gasteiger partial charge on any atom is -0.465 e. The number of nitrogens with zero attached hydrogens (tertiary/aromatic N) is 1. The van der Waals surface area contributed by atoms with Crippen molar-refractivity contribution >= 4 is 35.2 Å². The molecule has 1 fully saturated rings. The molecule has 0 spiro atoms. The monoisotopic (exact) mass is 288 g/mol. The SMILES string of the molecule is C=CCN1C(=O)/C(=C\C=C\c2ccco2)C(=O)NC1=S. The molecule has 1 N–H and O–H groups in total. The molecule has 0 aliphatic carbocycles. The van der Waals surface area contributed by atoms with Crippen LogP contribution >= 0.6 is 12.2 Å². The third kappa shape index (κ3) is 2.92. The van der Waals surface area contributed by atoms with Crippen LogP contribution in [0.25, 0.3) is 6.08 Å². The van der Waals surface area contributed by atoms with Gasteiger partial charge in [0.05, 0.1) is 6.26 Å². The predicted octanol–water partition coefficient (Wildman–Crippen LogP) is 1.65. The Morgan fingerprint density at radius 3 is 2.90 bits per heavy atom. The van der Waals surface area contributed by atoms with Gasteiger partial charge in [0.2, 0.25) is 0 Å². The molecule has 0 bridgehead atoms. The van der Waals surface area contributed by atoms with Crippen LogP contribution in [-0.2, 0) is 9.59 Å². The van der Waals surface area contributed by atoms with E-state index in [1.807, 2.05) is 0 Å². The summed E-state index contributed by atoms with van der Waals surface area (Å²) in [5.74, 6) is -0.323. The Hall–Kier alpha value is -2.47. The zero-order valence-electron chi connectivity index (χ0n) is 10.5. The number of amides is 2. The summed E-state index contributed by atoms with van der Waals surface area (Å²) in [5, 5.41) is 2.55. The average Bonchev–Trinajstić information content (AvgIpc) is 2.91. The molecule has 0 atom stereocenters. The molecule has 102 valence electrons. The van der Waals surface area contributed by atoms with E-state index in [2.05, 4.69) is 11.9 Å². The lowest BCUT2D eigenvalue weighted by molar-refractivity contribution is -0.128. The number of furan rings is 1. The lowest BCUT2D eigenvalue weighted by Gasteiger charge is -2.27. The van der Waals surface area contributed by atoms with Gasteiger partial charge in [-0.25, -0.2) is 0 Å². The summed E-state index contributed by atoms with van der Waals surface area (Å²) in [7, 11) is 0. The second kappa shape index (κ2) is 6.12. The highest BCUT2D eigenvalue weighted by atomic mass is 32.1. The number of thiocarbonyl (C=S) groups is 1. The van der Waals surface area contributed by atoms with Gasteiger partial charge in [-0.3, -0.25) is 19.8 Å². The smallest absolute Gasteiger partial charge is 0.265 e. The second-order valence-corrected chi connectivity index (χ2v) is 4.31. The highest BCUT2D eigenvalue weighted by Crippen LogP contribution is 2.11. The quantitative estimate of drug-likeness (QED) is 0.396. The van der Waals surface area contributed by atoms with Crippen LogP contribution in [0.4, 0.5) is 0 Å². The van der Waals surface area contributed by atoms with Gasteiger partial charge in [0, 0.05) is 6.54 Å². The van der Waals surface area contributed by atoms with Gasteiger partial charge in [-0.1, -0.05) is 12.2 Å². The van der Waals surface area contributed by atoms with Crippen molar-refractivity contribution in [2.24, 2.45) is 0 Å². The molecule has 0 aromatic carbocycles. The van der Waals surface area contributed by atoms with E-state index in [1.54, 1.807) is 24.3 Å². The van der Waals surface area contributed by atoms with E-state index in [-0.39, 0.29) is 17.2 Å². The van der Waals surface area contributed by atoms with Gasteiger partial charge in [0.25, 0.3) is 11.8 Å². The zero-order valence-corrected chi connectivity index (χ0v) is 11.4. The van der Waals surface area contributed by atoms with Gasteiger partial charge in [0.15, 0.2) is 5.11 Å². The molecule has 1 aromatic heterocycles. The Kier molecular flexibility index (Phi) is 4.27. The molecule has 0 radical (unpaired) electrons. The number of carbonyl (C=O) groups excluding carboxylic acids is 2. The van der Waals surface area contributed by atoms with Gasteiger partial charge < -0.3 is 4.42 Å². The lowest BCUT2D eigenvalue weighted by atomic mass is 10.1. The maximum atomic E-state index is 12.1. The van der Waals surface area contributed by atoms with Crippen LogP contribution in [-0.4, -0.2) is 28.4 Å². The molecule has 20 heavy (non-hydrogen) atoms. The average molecular weight is 288 g/mol. The molecular formula is C14H12N2O3S. The van der Waals surface area contributed by atoms with Crippen molar-refractivity contribution in [3.8, 4) is 0 Å². The standard InChI is InChI=1S/C14H12N2O3S/c1-2-8-16-13(18)11(12(17)15-14(16)20)7-3-5-10-6-4-9-19-10/h2-7,9H,1,8H2,(H,15,17,20)/b5-3+,11-7-. The van der Waals surface area contributed by atoms with Crippen LogP contribution in [0.5, 0.6) is 0 Å². The first-order valence-corrected chi connectivity index (χ1v) is 6.24. The second-order valence-electron chi connectivity index (χ2n) is 3.92. The van der Waals surface area contributed by atoms with Crippen LogP contribution in [0.3, 0.4) is 0 Å². The Labute approximate surface area is 121 Å². The minimum atomic E-state index is -0.510. The summed E-state index contributed by atoms with van der Waals surface area (Å²) >= 11 is 4.94. The maximum Gasteiger partial charge on any atom is 0.265 e. The van der Waals surface area contributed by atoms with E-state index in [1.165, 1.54) is 23.3 Å². The molecule has 0 saturated carbocycles. The van der Waals surface area contributed by atoms with Crippen molar-refractivity contribution in [3.63, 3.8) is 0 Å². The fraction of sp³-hybridized carbons (Fsp3) is 0.0714. The molecular weight excluding hydrogens is 276 g/mol. The fourth-order valence-electron chi connectivity index (χ4n) is 1.63. The fourth-order valence-corrected chi connectivity index (χ4v) is 1.88. The van der Waals surface area contributed by atoms with Gasteiger partial charge in [-0.05, 0) is 36.5 Å². The third-order valence-corrected chi connectivity index (χ3v) is 2.89. The Morgan fingerprint density at radius 2 is 2.25 bits per heavy atom. The molecule has 1 saturated heterocycles. The van der Waals surface area contributed by atoms with E-state index in [0.717, 1.165) is 0 Å². The van der Waals surface area contributed by atoms with Crippen LogP contribution in [0.15, 0.2) is 53.2 Å². The molecule has 1 aromatic rings. The summed E-state index contributed by atoms with van der Waals surface area (Å²) in [6.45, 7) is 3.80. The molecule has 1 aliphatic rings. The number of rotatable bonds is 4. The van der Waals surface area contributed by atoms with Crippen molar-refractivity contribution in [2.75, 3.05) is 6.54 Å². The molecule has 6 heteroatoms. The van der Waals surface area contributed by atoms with Gasteiger partial charge >= 0.3 is 0 Å². The molecule has 2 heterocycles. The van der Waals surface area contributed by atoms with E-state index in [4.69, 9.17) is 16.6 Å². The predicted molar refractivity (Wildman–Crippen MR) is 78.5 cm³/mol. The van der Waals surface area contributed by atoms with E-state index >= 15 is 0 Å².